The Morgan fingerprint density at radius 1 is 0.853 bits per heavy atom. The fourth-order valence-electron chi connectivity index (χ4n) is 3.96. The minimum absolute atomic E-state index is 0.231. The van der Waals surface area contributed by atoms with Gasteiger partial charge in [0.25, 0.3) is 0 Å². The van der Waals surface area contributed by atoms with Crippen molar-refractivity contribution in [2.24, 2.45) is 11.7 Å². The van der Waals surface area contributed by atoms with Crippen LogP contribution >= 0.6 is 0 Å². The van der Waals surface area contributed by atoms with Crippen molar-refractivity contribution in [2.45, 2.75) is 32.1 Å². The Hall–Kier alpha value is -2.89. The number of aromatic nitrogens is 3. The first-order valence-corrected chi connectivity index (χ1v) is 12.1. The van der Waals surface area contributed by atoms with Crippen LogP contribution in [0, 0.1) is 5.92 Å². The molecular weight excluding hydrogens is 438 g/mol. The van der Waals surface area contributed by atoms with E-state index in [0.717, 1.165) is 18.0 Å². The van der Waals surface area contributed by atoms with E-state index in [1.807, 2.05) is 18.2 Å². The third-order valence-electron chi connectivity index (χ3n) is 5.70. The molecule has 0 unspecified atom stereocenters. The van der Waals surface area contributed by atoms with Crippen LogP contribution in [-0.2, 0) is 9.47 Å². The number of hydrogen-bond acceptors (Lipinski definition) is 11. The van der Waals surface area contributed by atoms with E-state index < -0.39 is 0 Å². The Labute approximate surface area is 200 Å². The number of fused-ring (bicyclic) bond motifs is 1. The van der Waals surface area contributed by atoms with E-state index in [1.54, 1.807) is 0 Å². The largest absolute Gasteiger partial charge is 0.454 e. The molecule has 2 heterocycles. The standard InChI is InChI=1S/C23H35N7O4/c24-8-10-31-12-13-32-11-9-25-21-28-22(26-15-17-4-2-1-3-5-17)30-23(29-21)27-18-6-7-19-20(14-18)34-16-33-19/h6-7,14,17H,1-5,8-13,15-16,24H2,(H3,25,26,27,28,29,30). The Balaban J connectivity index is 1.35. The number of nitrogens with zero attached hydrogens (tertiary/aromatic N) is 3. The summed E-state index contributed by atoms with van der Waals surface area (Å²) in [5.74, 6) is 3.54. The van der Waals surface area contributed by atoms with Crippen LogP contribution < -0.4 is 31.2 Å². The lowest BCUT2D eigenvalue weighted by Gasteiger charge is -2.21. The predicted molar refractivity (Wildman–Crippen MR) is 130 cm³/mol. The van der Waals surface area contributed by atoms with Crippen molar-refractivity contribution in [3.8, 4) is 11.5 Å². The first kappa shape index (κ1) is 24.2. The van der Waals surface area contributed by atoms with Gasteiger partial charge in [-0.25, -0.2) is 0 Å². The maximum Gasteiger partial charge on any atom is 0.233 e. The van der Waals surface area contributed by atoms with Gasteiger partial charge in [0.2, 0.25) is 24.6 Å². The second-order valence-corrected chi connectivity index (χ2v) is 8.32. The van der Waals surface area contributed by atoms with Crippen molar-refractivity contribution in [1.82, 2.24) is 15.0 Å². The molecule has 5 N–H and O–H groups in total. The normalized spacial score (nSPS) is 15.3. The molecule has 186 valence electrons. The van der Waals surface area contributed by atoms with Gasteiger partial charge in [0, 0.05) is 31.4 Å². The fraction of sp³-hybridized carbons (Fsp3) is 0.609. The highest BCUT2D eigenvalue weighted by Gasteiger charge is 2.16. The van der Waals surface area contributed by atoms with E-state index in [2.05, 4.69) is 30.9 Å². The maximum atomic E-state index is 5.57. The first-order chi connectivity index (χ1) is 16.8. The summed E-state index contributed by atoms with van der Waals surface area (Å²) < 4.78 is 21.7. The number of nitrogens with one attached hydrogen (secondary N) is 3. The van der Waals surface area contributed by atoms with E-state index >= 15 is 0 Å². The van der Waals surface area contributed by atoms with Crippen molar-refractivity contribution in [1.29, 1.82) is 0 Å². The van der Waals surface area contributed by atoms with E-state index in [0.29, 0.717) is 69.0 Å². The van der Waals surface area contributed by atoms with Crippen molar-refractivity contribution in [3.63, 3.8) is 0 Å². The van der Waals surface area contributed by atoms with Gasteiger partial charge in [-0.1, -0.05) is 19.3 Å². The Kier molecular flexibility index (Phi) is 9.35. The molecule has 2 aliphatic rings. The zero-order valence-corrected chi connectivity index (χ0v) is 19.6. The third kappa shape index (κ3) is 7.57. The summed E-state index contributed by atoms with van der Waals surface area (Å²) in [6.07, 6.45) is 6.42. The topological polar surface area (TPSA) is 138 Å². The lowest BCUT2D eigenvalue weighted by Crippen LogP contribution is -2.20. The summed E-state index contributed by atoms with van der Waals surface area (Å²) in [6.45, 7) is 4.27. The number of ether oxygens (including phenoxy) is 4. The predicted octanol–water partition coefficient (Wildman–Crippen LogP) is 2.74. The highest BCUT2D eigenvalue weighted by molar-refractivity contribution is 5.61. The fourth-order valence-corrected chi connectivity index (χ4v) is 3.96. The van der Waals surface area contributed by atoms with Crippen LogP contribution in [0.1, 0.15) is 32.1 Å². The molecule has 1 fully saturated rings. The molecule has 1 aromatic carbocycles. The van der Waals surface area contributed by atoms with E-state index in [1.165, 1.54) is 32.1 Å². The molecule has 0 bridgehead atoms. The van der Waals surface area contributed by atoms with E-state index in [4.69, 9.17) is 24.7 Å². The highest BCUT2D eigenvalue weighted by atomic mass is 16.7. The van der Waals surface area contributed by atoms with Crippen LogP contribution in [0.2, 0.25) is 0 Å². The lowest BCUT2D eigenvalue weighted by molar-refractivity contribution is 0.0547. The summed E-state index contributed by atoms with van der Waals surface area (Å²) >= 11 is 0. The molecule has 1 aliphatic heterocycles. The SMILES string of the molecule is NCCOCCOCCNc1nc(NCC2CCCCC2)nc(Nc2ccc3c(c2)OCO3)n1. The van der Waals surface area contributed by atoms with Crippen molar-refractivity contribution in [3.05, 3.63) is 18.2 Å². The summed E-state index contributed by atoms with van der Waals surface area (Å²) in [7, 11) is 0. The first-order valence-electron chi connectivity index (χ1n) is 12.1. The molecule has 0 saturated heterocycles. The quantitative estimate of drug-likeness (QED) is 0.301. The number of nitrogens with two attached hydrogens (primary N) is 1. The molecule has 1 aromatic heterocycles. The van der Waals surface area contributed by atoms with Gasteiger partial charge in [0.1, 0.15) is 0 Å². The van der Waals surface area contributed by atoms with Crippen molar-refractivity contribution >= 4 is 23.5 Å². The van der Waals surface area contributed by atoms with Crippen molar-refractivity contribution < 1.29 is 18.9 Å². The number of anilines is 4. The smallest absolute Gasteiger partial charge is 0.233 e. The molecule has 0 radical (unpaired) electrons. The van der Waals surface area contributed by atoms with Crippen LogP contribution in [0.3, 0.4) is 0 Å². The highest BCUT2D eigenvalue weighted by Crippen LogP contribution is 2.35. The number of rotatable bonds is 14. The minimum atomic E-state index is 0.231. The zero-order chi connectivity index (χ0) is 23.4. The molecule has 1 saturated carbocycles. The summed E-state index contributed by atoms with van der Waals surface area (Å²) in [6, 6.07) is 5.64. The van der Waals surface area contributed by atoms with Gasteiger partial charge >= 0.3 is 0 Å². The molecule has 1 aliphatic carbocycles. The van der Waals surface area contributed by atoms with Crippen LogP contribution in [0.4, 0.5) is 23.5 Å². The molecule has 0 spiro atoms. The van der Waals surface area contributed by atoms with Gasteiger partial charge in [-0.2, -0.15) is 15.0 Å². The molecule has 11 heteroatoms. The van der Waals surface area contributed by atoms with Gasteiger partial charge in [0.05, 0.1) is 26.4 Å². The van der Waals surface area contributed by atoms with Gasteiger partial charge in [-0.15, -0.1) is 0 Å². The van der Waals surface area contributed by atoms with Crippen LogP contribution in [-0.4, -0.2) is 67.8 Å². The summed E-state index contributed by atoms with van der Waals surface area (Å²) in [4.78, 5) is 13.7. The summed E-state index contributed by atoms with van der Waals surface area (Å²) in [5, 5.41) is 9.88. The monoisotopic (exact) mass is 473 g/mol. The van der Waals surface area contributed by atoms with Gasteiger partial charge < -0.3 is 40.6 Å². The van der Waals surface area contributed by atoms with E-state index in [9.17, 15) is 0 Å². The Bertz CT molecular complexity index is 896. The minimum Gasteiger partial charge on any atom is -0.454 e. The Morgan fingerprint density at radius 3 is 2.41 bits per heavy atom. The maximum absolute atomic E-state index is 5.57. The van der Waals surface area contributed by atoms with Crippen LogP contribution in [0.15, 0.2) is 18.2 Å². The average molecular weight is 474 g/mol. The number of benzene rings is 1. The second-order valence-electron chi connectivity index (χ2n) is 8.32. The average Bonchev–Trinajstić information content (AvgIpc) is 3.33. The summed E-state index contributed by atoms with van der Waals surface area (Å²) in [5.41, 5.74) is 6.20. The lowest BCUT2D eigenvalue weighted by atomic mass is 9.89. The van der Waals surface area contributed by atoms with Crippen LogP contribution in [0.5, 0.6) is 11.5 Å². The molecule has 11 nitrogen and oxygen atoms in total. The number of hydrogen-bond donors (Lipinski definition) is 4. The van der Waals surface area contributed by atoms with Gasteiger partial charge in [0.15, 0.2) is 11.5 Å². The third-order valence-corrected chi connectivity index (χ3v) is 5.70. The zero-order valence-electron chi connectivity index (χ0n) is 19.6. The molecule has 0 atom stereocenters. The van der Waals surface area contributed by atoms with Crippen molar-refractivity contribution in [2.75, 3.05) is 68.8 Å². The van der Waals surface area contributed by atoms with E-state index in [-0.39, 0.29) is 6.79 Å². The molecule has 34 heavy (non-hydrogen) atoms. The Morgan fingerprint density at radius 2 is 1.59 bits per heavy atom. The van der Waals surface area contributed by atoms with Crippen LogP contribution in [0.25, 0.3) is 0 Å². The van der Waals surface area contributed by atoms with Gasteiger partial charge in [-0.05, 0) is 30.9 Å². The second kappa shape index (κ2) is 13.1. The van der Waals surface area contributed by atoms with Gasteiger partial charge in [-0.3, -0.25) is 0 Å². The molecule has 2 aromatic rings. The molecule has 0 amide bonds. The molecule has 4 rings (SSSR count). The molecular formula is C23H35N7O4.